The Morgan fingerprint density at radius 3 is 2.79 bits per heavy atom. The molecular formula is C13H19F3N2O. The van der Waals surface area contributed by atoms with Gasteiger partial charge in [-0.2, -0.15) is 13.2 Å². The van der Waals surface area contributed by atoms with Gasteiger partial charge in [-0.3, -0.25) is 4.98 Å². The maximum atomic E-state index is 12.0. The number of ether oxygens (including phenoxy) is 1. The molecule has 0 saturated heterocycles. The monoisotopic (exact) mass is 276 g/mol. The van der Waals surface area contributed by atoms with Crippen LogP contribution in [-0.2, 0) is 11.2 Å². The van der Waals surface area contributed by atoms with Gasteiger partial charge in [0.15, 0.2) is 0 Å². The van der Waals surface area contributed by atoms with Gasteiger partial charge in [-0.15, -0.1) is 0 Å². The first kappa shape index (κ1) is 15.9. The highest BCUT2D eigenvalue weighted by molar-refractivity contribution is 5.10. The molecule has 1 atom stereocenters. The lowest BCUT2D eigenvalue weighted by molar-refractivity contribution is -0.175. The van der Waals surface area contributed by atoms with Gasteiger partial charge in [0.05, 0.1) is 6.61 Å². The van der Waals surface area contributed by atoms with Gasteiger partial charge in [-0.05, 0) is 31.0 Å². The van der Waals surface area contributed by atoms with E-state index >= 15 is 0 Å². The molecule has 0 bridgehead atoms. The van der Waals surface area contributed by atoms with Crippen LogP contribution in [0.4, 0.5) is 13.2 Å². The molecule has 0 spiro atoms. The highest BCUT2D eigenvalue weighted by Gasteiger charge is 2.27. The number of hydrogen-bond donors (Lipinski definition) is 1. The lowest BCUT2D eigenvalue weighted by atomic mass is 10.1. The molecule has 1 rings (SSSR count). The Labute approximate surface area is 111 Å². The number of nitrogens with zero attached hydrogens (tertiary/aromatic N) is 1. The topological polar surface area (TPSA) is 34.1 Å². The van der Waals surface area contributed by atoms with Crippen molar-refractivity contribution in [3.63, 3.8) is 0 Å². The van der Waals surface area contributed by atoms with E-state index in [9.17, 15) is 13.2 Å². The van der Waals surface area contributed by atoms with Crippen LogP contribution in [-0.4, -0.2) is 37.0 Å². The van der Waals surface area contributed by atoms with E-state index in [2.05, 4.69) is 10.3 Å². The lowest BCUT2D eigenvalue weighted by Crippen LogP contribution is -2.37. The molecule has 1 heterocycles. The zero-order valence-electron chi connectivity index (χ0n) is 10.9. The van der Waals surface area contributed by atoms with Crippen LogP contribution in [0.25, 0.3) is 0 Å². The molecule has 1 aromatic heterocycles. The Morgan fingerprint density at radius 2 is 2.21 bits per heavy atom. The van der Waals surface area contributed by atoms with Crippen LogP contribution in [0.2, 0.25) is 0 Å². The fourth-order valence-electron chi connectivity index (χ4n) is 1.66. The molecule has 3 nitrogen and oxygen atoms in total. The van der Waals surface area contributed by atoms with E-state index in [1.165, 1.54) is 0 Å². The van der Waals surface area contributed by atoms with Gasteiger partial charge < -0.3 is 10.1 Å². The highest BCUT2D eigenvalue weighted by atomic mass is 19.4. The summed E-state index contributed by atoms with van der Waals surface area (Å²) in [6.45, 7) is 1.59. The molecule has 0 saturated carbocycles. The molecule has 0 amide bonds. The first-order chi connectivity index (χ1) is 9.01. The van der Waals surface area contributed by atoms with Crippen LogP contribution in [0, 0.1) is 0 Å². The number of pyridine rings is 1. The SMILES string of the molecule is CCCNC(COCC(F)(F)F)Cc1cccnc1. The average Bonchev–Trinajstić information content (AvgIpc) is 2.35. The summed E-state index contributed by atoms with van der Waals surface area (Å²) in [4.78, 5) is 3.99. The number of nitrogens with one attached hydrogen (secondary N) is 1. The van der Waals surface area contributed by atoms with Gasteiger partial charge in [0.25, 0.3) is 0 Å². The van der Waals surface area contributed by atoms with E-state index < -0.39 is 12.8 Å². The second kappa shape index (κ2) is 8.12. The number of hydrogen-bond acceptors (Lipinski definition) is 3. The summed E-state index contributed by atoms with van der Waals surface area (Å²) in [5.41, 5.74) is 0.978. The standard InChI is InChI=1S/C13H19F3N2O/c1-2-5-18-12(9-19-10-13(14,15)16)7-11-4-3-6-17-8-11/h3-4,6,8,12,18H,2,5,7,9-10H2,1H3. The van der Waals surface area contributed by atoms with E-state index in [4.69, 9.17) is 4.74 Å². The molecule has 1 aromatic rings. The third-order valence-electron chi connectivity index (χ3n) is 2.47. The largest absolute Gasteiger partial charge is 0.411 e. The maximum Gasteiger partial charge on any atom is 0.411 e. The van der Waals surface area contributed by atoms with Crippen molar-refractivity contribution in [2.24, 2.45) is 0 Å². The molecule has 1 unspecified atom stereocenters. The molecule has 0 aromatic carbocycles. The van der Waals surface area contributed by atoms with Crippen molar-refractivity contribution in [3.05, 3.63) is 30.1 Å². The van der Waals surface area contributed by atoms with Crippen LogP contribution >= 0.6 is 0 Å². The first-order valence-corrected chi connectivity index (χ1v) is 6.28. The van der Waals surface area contributed by atoms with Gasteiger partial charge in [0.1, 0.15) is 6.61 Å². The quantitative estimate of drug-likeness (QED) is 0.792. The van der Waals surface area contributed by atoms with Gasteiger partial charge in [-0.1, -0.05) is 13.0 Å². The molecule has 0 radical (unpaired) electrons. The molecule has 6 heteroatoms. The number of aromatic nitrogens is 1. The molecule has 108 valence electrons. The maximum absolute atomic E-state index is 12.0. The predicted molar refractivity (Wildman–Crippen MR) is 66.9 cm³/mol. The van der Waals surface area contributed by atoms with Gasteiger partial charge in [-0.25, -0.2) is 0 Å². The summed E-state index contributed by atoms with van der Waals surface area (Å²) in [7, 11) is 0. The number of rotatable bonds is 8. The van der Waals surface area contributed by atoms with Crippen LogP contribution < -0.4 is 5.32 Å². The molecular weight excluding hydrogens is 257 g/mol. The normalized spacial score (nSPS) is 13.5. The van der Waals surface area contributed by atoms with Crippen molar-refractivity contribution in [3.8, 4) is 0 Å². The van der Waals surface area contributed by atoms with Gasteiger partial charge in [0.2, 0.25) is 0 Å². The van der Waals surface area contributed by atoms with Crippen LogP contribution in [0.3, 0.4) is 0 Å². The second-order valence-electron chi connectivity index (χ2n) is 4.35. The van der Waals surface area contributed by atoms with Crippen LogP contribution in [0.5, 0.6) is 0 Å². The Morgan fingerprint density at radius 1 is 1.42 bits per heavy atom. The summed E-state index contributed by atoms with van der Waals surface area (Å²) < 4.78 is 40.8. The zero-order valence-corrected chi connectivity index (χ0v) is 10.9. The fraction of sp³-hybridized carbons (Fsp3) is 0.615. The summed E-state index contributed by atoms with van der Waals surface area (Å²) >= 11 is 0. The van der Waals surface area contributed by atoms with E-state index in [0.717, 1.165) is 18.5 Å². The number of halogens is 3. The summed E-state index contributed by atoms with van der Waals surface area (Å²) in [5, 5.41) is 3.18. The fourth-order valence-corrected chi connectivity index (χ4v) is 1.66. The van der Waals surface area contributed by atoms with Crippen LogP contribution in [0.15, 0.2) is 24.5 Å². The predicted octanol–water partition coefficient (Wildman–Crippen LogP) is 2.57. The highest BCUT2D eigenvalue weighted by Crippen LogP contribution is 2.14. The van der Waals surface area contributed by atoms with Crippen LogP contribution in [0.1, 0.15) is 18.9 Å². The second-order valence-corrected chi connectivity index (χ2v) is 4.35. The average molecular weight is 276 g/mol. The van der Waals surface area contributed by atoms with Crippen molar-refractivity contribution in [2.75, 3.05) is 19.8 Å². The molecule has 0 aliphatic carbocycles. The van der Waals surface area contributed by atoms with E-state index in [0.29, 0.717) is 6.42 Å². The van der Waals surface area contributed by atoms with Crippen molar-refractivity contribution in [2.45, 2.75) is 32.0 Å². The summed E-state index contributed by atoms with van der Waals surface area (Å²) in [6.07, 6.45) is 0.626. The smallest absolute Gasteiger partial charge is 0.370 e. The first-order valence-electron chi connectivity index (χ1n) is 6.28. The van der Waals surface area contributed by atoms with Crippen molar-refractivity contribution in [1.29, 1.82) is 0 Å². The Balaban J connectivity index is 2.42. The summed E-state index contributed by atoms with van der Waals surface area (Å²) in [6, 6.07) is 3.58. The third-order valence-corrected chi connectivity index (χ3v) is 2.47. The molecule has 1 N–H and O–H groups in total. The summed E-state index contributed by atoms with van der Waals surface area (Å²) in [5.74, 6) is 0. The zero-order chi connectivity index (χ0) is 14.1. The Hall–Kier alpha value is -1.14. The molecule has 0 aliphatic heterocycles. The minimum Gasteiger partial charge on any atom is -0.370 e. The lowest BCUT2D eigenvalue weighted by Gasteiger charge is -2.19. The Kier molecular flexibility index (Phi) is 6.80. The Bertz CT molecular complexity index is 343. The van der Waals surface area contributed by atoms with Gasteiger partial charge >= 0.3 is 6.18 Å². The third kappa shape index (κ3) is 7.79. The van der Waals surface area contributed by atoms with Gasteiger partial charge in [0, 0.05) is 18.4 Å². The number of alkyl halides is 3. The van der Waals surface area contributed by atoms with E-state index in [-0.39, 0.29) is 12.6 Å². The van der Waals surface area contributed by atoms with E-state index in [1.54, 1.807) is 12.4 Å². The minimum atomic E-state index is -4.27. The van der Waals surface area contributed by atoms with Crippen molar-refractivity contribution < 1.29 is 17.9 Å². The molecule has 0 aliphatic rings. The van der Waals surface area contributed by atoms with Crippen molar-refractivity contribution in [1.82, 2.24) is 10.3 Å². The minimum absolute atomic E-state index is 0.0361. The van der Waals surface area contributed by atoms with E-state index in [1.807, 2.05) is 19.1 Å². The van der Waals surface area contributed by atoms with Crippen molar-refractivity contribution >= 4 is 0 Å². The molecule has 0 fully saturated rings. The molecule has 19 heavy (non-hydrogen) atoms.